The highest BCUT2D eigenvalue weighted by molar-refractivity contribution is 5.91. The summed E-state index contributed by atoms with van der Waals surface area (Å²) in [6.45, 7) is -0.394. The van der Waals surface area contributed by atoms with Gasteiger partial charge in [0.05, 0.1) is 16.5 Å². The maximum Gasteiger partial charge on any atom is 0.416 e. The van der Waals surface area contributed by atoms with Gasteiger partial charge in [-0.1, -0.05) is 12.1 Å². The SMILES string of the molecule is Cn1c(=O)c2ccccc2n(CC(=O)Nc2ccc(C(F)(F)F)cc2)c1=O. The van der Waals surface area contributed by atoms with Crippen molar-refractivity contribution in [1.82, 2.24) is 9.13 Å². The van der Waals surface area contributed by atoms with Crippen molar-refractivity contribution in [2.75, 3.05) is 5.32 Å². The molecule has 1 aromatic heterocycles. The van der Waals surface area contributed by atoms with E-state index in [-0.39, 0.29) is 11.1 Å². The second-order valence-electron chi connectivity index (χ2n) is 5.87. The van der Waals surface area contributed by atoms with Gasteiger partial charge in [0.15, 0.2) is 0 Å². The lowest BCUT2D eigenvalue weighted by atomic mass is 10.2. The van der Waals surface area contributed by atoms with Crippen LogP contribution in [0.4, 0.5) is 18.9 Å². The van der Waals surface area contributed by atoms with Crippen molar-refractivity contribution < 1.29 is 18.0 Å². The van der Waals surface area contributed by atoms with E-state index in [1.54, 1.807) is 24.3 Å². The summed E-state index contributed by atoms with van der Waals surface area (Å²) in [4.78, 5) is 36.8. The summed E-state index contributed by atoms with van der Waals surface area (Å²) in [6.07, 6.45) is -4.47. The Hall–Kier alpha value is -3.36. The molecule has 0 spiro atoms. The van der Waals surface area contributed by atoms with E-state index in [0.29, 0.717) is 5.52 Å². The van der Waals surface area contributed by atoms with Gasteiger partial charge in [-0.3, -0.25) is 18.7 Å². The molecule has 1 heterocycles. The zero-order valence-electron chi connectivity index (χ0n) is 14.1. The molecule has 0 unspecified atom stereocenters. The van der Waals surface area contributed by atoms with Crippen molar-refractivity contribution >= 4 is 22.5 Å². The molecule has 3 aromatic rings. The summed E-state index contributed by atoms with van der Waals surface area (Å²) >= 11 is 0. The summed E-state index contributed by atoms with van der Waals surface area (Å²) in [5.41, 5.74) is -1.51. The summed E-state index contributed by atoms with van der Waals surface area (Å²) in [6, 6.07) is 10.3. The molecule has 0 radical (unpaired) electrons. The number of carbonyl (C=O) groups is 1. The topological polar surface area (TPSA) is 73.1 Å². The molecule has 0 atom stereocenters. The van der Waals surface area contributed by atoms with Crippen molar-refractivity contribution in [2.45, 2.75) is 12.7 Å². The first-order valence-electron chi connectivity index (χ1n) is 7.84. The van der Waals surface area contributed by atoms with E-state index < -0.39 is 35.4 Å². The van der Waals surface area contributed by atoms with Gasteiger partial charge in [0.1, 0.15) is 6.54 Å². The zero-order valence-corrected chi connectivity index (χ0v) is 14.1. The maximum absolute atomic E-state index is 12.6. The highest BCUT2D eigenvalue weighted by Crippen LogP contribution is 2.29. The van der Waals surface area contributed by atoms with Gasteiger partial charge in [0.25, 0.3) is 5.56 Å². The van der Waals surface area contributed by atoms with Crippen molar-refractivity contribution in [2.24, 2.45) is 7.05 Å². The number of nitrogens with one attached hydrogen (secondary N) is 1. The number of alkyl halides is 3. The molecule has 9 heteroatoms. The van der Waals surface area contributed by atoms with Gasteiger partial charge in [-0.05, 0) is 36.4 Å². The quantitative estimate of drug-likeness (QED) is 0.762. The monoisotopic (exact) mass is 377 g/mol. The predicted molar refractivity (Wildman–Crippen MR) is 93.5 cm³/mol. The lowest BCUT2D eigenvalue weighted by molar-refractivity contribution is -0.137. The largest absolute Gasteiger partial charge is 0.416 e. The molecule has 0 aliphatic heterocycles. The summed E-state index contributed by atoms with van der Waals surface area (Å²) in [5, 5.41) is 2.72. The molecule has 3 rings (SSSR count). The number of para-hydroxylation sites is 1. The predicted octanol–water partition coefficient (Wildman–Crippen LogP) is 2.36. The van der Waals surface area contributed by atoms with Gasteiger partial charge >= 0.3 is 11.9 Å². The second kappa shape index (κ2) is 6.75. The number of aromatic nitrogens is 2. The number of carbonyl (C=O) groups excluding carboxylic acids is 1. The van der Waals surface area contributed by atoms with Crippen molar-refractivity contribution in [3.05, 3.63) is 74.9 Å². The van der Waals surface area contributed by atoms with Gasteiger partial charge in [0, 0.05) is 12.7 Å². The minimum absolute atomic E-state index is 0.162. The Morgan fingerprint density at radius 2 is 1.67 bits per heavy atom. The van der Waals surface area contributed by atoms with Gasteiger partial charge in [-0.15, -0.1) is 0 Å². The van der Waals surface area contributed by atoms with Crippen LogP contribution in [-0.2, 0) is 24.6 Å². The third kappa shape index (κ3) is 3.62. The molecule has 2 aromatic carbocycles. The zero-order chi connectivity index (χ0) is 19.8. The van der Waals surface area contributed by atoms with Crippen LogP contribution in [0.25, 0.3) is 10.9 Å². The summed E-state index contributed by atoms with van der Waals surface area (Å²) in [5.74, 6) is -0.610. The molecule has 0 bridgehead atoms. The Morgan fingerprint density at radius 1 is 1.04 bits per heavy atom. The number of nitrogens with zero attached hydrogens (tertiary/aromatic N) is 2. The molecule has 0 aliphatic carbocycles. The Kier molecular flexibility index (Phi) is 4.61. The third-order valence-electron chi connectivity index (χ3n) is 4.05. The van der Waals surface area contributed by atoms with E-state index in [1.807, 2.05) is 0 Å². The first-order chi connectivity index (χ1) is 12.7. The van der Waals surface area contributed by atoms with E-state index >= 15 is 0 Å². The smallest absolute Gasteiger partial charge is 0.325 e. The molecule has 140 valence electrons. The van der Waals surface area contributed by atoms with Crippen molar-refractivity contribution in [3.8, 4) is 0 Å². The van der Waals surface area contributed by atoms with E-state index in [4.69, 9.17) is 0 Å². The van der Waals surface area contributed by atoms with Crippen LogP contribution in [-0.4, -0.2) is 15.0 Å². The molecule has 0 fully saturated rings. The molecule has 1 N–H and O–H groups in total. The first kappa shape index (κ1) is 18.4. The molecular weight excluding hydrogens is 363 g/mol. The van der Waals surface area contributed by atoms with Gasteiger partial charge < -0.3 is 5.32 Å². The number of halogens is 3. The number of amides is 1. The standard InChI is InChI=1S/C18H14F3N3O3/c1-23-16(26)13-4-2-3-5-14(13)24(17(23)27)10-15(25)22-12-8-6-11(7-9-12)18(19,20)21/h2-9H,10H2,1H3,(H,22,25). The van der Waals surface area contributed by atoms with E-state index in [2.05, 4.69) is 5.32 Å². The van der Waals surface area contributed by atoms with Crippen LogP contribution >= 0.6 is 0 Å². The van der Waals surface area contributed by atoms with Crippen LogP contribution in [0.15, 0.2) is 58.1 Å². The van der Waals surface area contributed by atoms with Gasteiger partial charge in [-0.25, -0.2) is 4.79 Å². The van der Waals surface area contributed by atoms with Crippen molar-refractivity contribution in [1.29, 1.82) is 0 Å². The Balaban J connectivity index is 1.89. The fourth-order valence-electron chi connectivity index (χ4n) is 2.68. The van der Waals surface area contributed by atoms with Crippen LogP contribution in [0.5, 0.6) is 0 Å². The highest BCUT2D eigenvalue weighted by atomic mass is 19.4. The normalized spacial score (nSPS) is 11.6. The molecule has 0 saturated carbocycles. The average molecular weight is 377 g/mol. The number of hydrogen-bond donors (Lipinski definition) is 1. The van der Waals surface area contributed by atoms with Crippen molar-refractivity contribution in [3.63, 3.8) is 0 Å². The van der Waals surface area contributed by atoms with Crippen LogP contribution in [0.3, 0.4) is 0 Å². The molecule has 1 amide bonds. The fraction of sp³-hybridized carbons (Fsp3) is 0.167. The summed E-state index contributed by atoms with van der Waals surface area (Å²) < 4.78 is 39.8. The Morgan fingerprint density at radius 3 is 2.30 bits per heavy atom. The summed E-state index contributed by atoms with van der Waals surface area (Å²) in [7, 11) is 1.31. The number of fused-ring (bicyclic) bond motifs is 1. The van der Waals surface area contributed by atoms with Gasteiger partial charge in [-0.2, -0.15) is 13.2 Å². The fourth-order valence-corrected chi connectivity index (χ4v) is 2.68. The number of rotatable bonds is 3. The lowest BCUT2D eigenvalue weighted by Gasteiger charge is -2.12. The van der Waals surface area contributed by atoms with Crippen LogP contribution in [0.2, 0.25) is 0 Å². The highest BCUT2D eigenvalue weighted by Gasteiger charge is 2.30. The van der Waals surface area contributed by atoms with Crippen LogP contribution < -0.4 is 16.6 Å². The third-order valence-corrected chi connectivity index (χ3v) is 4.05. The molecule has 0 saturated heterocycles. The molecular formula is C18H14F3N3O3. The Labute approximate surface area is 150 Å². The first-order valence-corrected chi connectivity index (χ1v) is 7.84. The van der Waals surface area contributed by atoms with E-state index in [9.17, 15) is 27.6 Å². The minimum Gasteiger partial charge on any atom is -0.325 e. The molecule has 27 heavy (non-hydrogen) atoms. The maximum atomic E-state index is 12.6. The lowest BCUT2D eigenvalue weighted by Crippen LogP contribution is -2.40. The van der Waals surface area contributed by atoms with Crippen LogP contribution in [0.1, 0.15) is 5.56 Å². The average Bonchev–Trinajstić information content (AvgIpc) is 2.63. The number of anilines is 1. The van der Waals surface area contributed by atoms with Crippen LogP contribution in [0, 0.1) is 0 Å². The second-order valence-corrected chi connectivity index (χ2v) is 5.87. The number of hydrogen-bond acceptors (Lipinski definition) is 3. The van der Waals surface area contributed by atoms with Gasteiger partial charge in [0.2, 0.25) is 5.91 Å². The Bertz CT molecular complexity index is 1130. The number of benzene rings is 2. The van der Waals surface area contributed by atoms with E-state index in [0.717, 1.165) is 33.4 Å². The minimum atomic E-state index is -4.47. The molecule has 6 nitrogen and oxygen atoms in total. The molecule has 0 aliphatic rings. The van der Waals surface area contributed by atoms with E-state index in [1.165, 1.54) is 7.05 Å².